The number of likely N-dealkylation sites (N-methyl/N-ethyl adjacent to an activating group) is 1. The number of rotatable bonds is 6. The molecule has 2 rings (SSSR count). The van der Waals surface area contributed by atoms with Gasteiger partial charge in [0.1, 0.15) is 0 Å². The zero-order valence-electron chi connectivity index (χ0n) is 14.1. The molecule has 0 saturated carbocycles. The van der Waals surface area contributed by atoms with Gasteiger partial charge in [-0.15, -0.1) is 22.9 Å². The Bertz CT molecular complexity index is 687. The molecule has 0 spiro atoms. The summed E-state index contributed by atoms with van der Waals surface area (Å²) >= 11 is 7.42. The first-order chi connectivity index (χ1) is 12.4. The Morgan fingerprint density at radius 2 is 1.89 bits per heavy atom. The minimum atomic E-state index is -5.91. The van der Waals surface area contributed by atoms with Crippen molar-refractivity contribution in [3.8, 4) is 0 Å². The molecule has 152 valence electrons. The van der Waals surface area contributed by atoms with Crippen molar-refractivity contribution in [1.29, 1.82) is 0 Å². The normalized spacial score (nSPS) is 21.6. The maximum Gasteiger partial charge on any atom is 0.430 e. The predicted octanol–water partition coefficient (Wildman–Crippen LogP) is 4.68. The summed E-state index contributed by atoms with van der Waals surface area (Å²) in [4.78, 5) is 5.96. The fourth-order valence-electron chi connectivity index (χ4n) is 2.94. The first-order valence-corrected chi connectivity index (χ1v) is 9.33. The van der Waals surface area contributed by atoms with E-state index in [1.54, 1.807) is 17.8 Å². The average molecular weight is 435 g/mol. The van der Waals surface area contributed by atoms with Crippen LogP contribution in [0, 0.1) is 0 Å². The van der Waals surface area contributed by atoms with Crippen molar-refractivity contribution in [3.63, 3.8) is 0 Å². The number of thiazole rings is 1. The lowest BCUT2D eigenvalue weighted by atomic mass is 9.81. The SMILES string of the molecule is CCN(Cc1cscn1)C1(CCl)C=CC(C(O)(C(F)(F)F)C(F)(F)F)=CC1. The third kappa shape index (κ3) is 4.03. The summed E-state index contributed by atoms with van der Waals surface area (Å²) in [6.07, 6.45) is -9.41. The highest BCUT2D eigenvalue weighted by Crippen LogP contribution is 2.49. The molecule has 0 amide bonds. The smallest absolute Gasteiger partial charge is 0.370 e. The molecular weight excluding hydrogens is 418 g/mol. The highest BCUT2D eigenvalue weighted by Gasteiger charge is 2.72. The molecule has 0 bridgehead atoms. The van der Waals surface area contributed by atoms with Gasteiger partial charge in [-0.3, -0.25) is 4.90 Å². The molecule has 3 nitrogen and oxygen atoms in total. The molecule has 1 unspecified atom stereocenters. The van der Waals surface area contributed by atoms with Gasteiger partial charge in [-0.05, 0) is 18.5 Å². The largest absolute Gasteiger partial charge is 0.430 e. The Kier molecular flexibility index (Phi) is 6.35. The molecule has 0 aromatic carbocycles. The van der Waals surface area contributed by atoms with Crippen LogP contribution in [0.25, 0.3) is 0 Å². The Morgan fingerprint density at radius 3 is 2.26 bits per heavy atom. The molecule has 0 radical (unpaired) electrons. The quantitative estimate of drug-likeness (QED) is 0.521. The third-order valence-corrected chi connectivity index (χ3v) is 5.66. The summed E-state index contributed by atoms with van der Waals surface area (Å²) in [5.74, 6) is -0.0538. The van der Waals surface area contributed by atoms with Gasteiger partial charge in [-0.2, -0.15) is 26.3 Å². The van der Waals surface area contributed by atoms with Crippen LogP contribution in [-0.4, -0.2) is 50.9 Å². The molecule has 1 aromatic heterocycles. The average Bonchev–Trinajstić information content (AvgIpc) is 3.10. The van der Waals surface area contributed by atoms with Crippen LogP contribution >= 0.6 is 22.9 Å². The van der Waals surface area contributed by atoms with Gasteiger partial charge >= 0.3 is 12.4 Å². The van der Waals surface area contributed by atoms with Gasteiger partial charge in [0.25, 0.3) is 5.60 Å². The Balaban J connectivity index is 2.35. The Morgan fingerprint density at radius 1 is 1.26 bits per heavy atom. The highest BCUT2D eigenvalue weighted by molar-refractivity contribution is 7.07. The first-order valence-electron chi connectivity index (χ1n) is 7.85. The summed E-state index contributed by atoms with van der Waals surface area (Å²) in [6, 6.07) is 0. The van der Waals surface area contributed by atoms with Crippen LogP contribution in [0.5, 0.6) is 0 Å². The topological polar surface area (TPSA) is 36.4 Å². The van der Waals surface area contributed by atoms with Crippen LogP contribution in [0.1, 0.15) is 19.0 Å². The van der Waals surface area contributed by atoms with Gasteiger partial charge in [0.05, 0.1) is 16.7 Å². The molecule has 27 heavy (non-hydrogen) atoms. The molecule has 1 aliphatic rings. The molecule has 1 atom stereocenters. The maximum absolute atomic E-state index is 13.0. The fraction of sp³-hybridized carbons (Fsp3) is 0.562. The van der Waals surface area contributed by atoms with Gasteiger partial charge in [0.2, 0.25) is 0 Å². The third-order valence-electron chi connectivity index (χ3n) is 4.57. The summed E-state index contributed by atoms with van der Waals surface area (Å²) in [6.45, 7) is 2.58. The number of alkyl halides is 7. The molecule has 0 fully saturated rings. The monoisotopic (exact) mass is 434 g/mol. The first kappa shape index (κ1) is 22.2. The van der Waals surface area contributed by atoms with Gasteiger partial charge in [0.15, 0.2) is 0 Å². The summed E-state index contributed by atoms with van der Waals surface area (Å²) < 4.78 is 78.3. The minimum absolute atomic E-state index is 0.0538. The van der Waals surface area contributed by atoms with Crippen molar-refractivity contribution in [2.75, 3.05) is 12.4 Å². The van der Waals surface area contributed by atoms with E-state index in [9.17, 15) is 31.4 Å². The lowest BCUT2D eigenvalue weighted by Gasteiger charge is -2.43. The second kappa shape index (κ2) is 7.73. The van der Waals surface area contributed by atoms with Crippen molar-refractivity contribution in [1.82, 2.24) is 9.88 Å². The van der Waals surface area contributed by atoms with Crippen molar-refractivity contribution >= 4 is 22.9 Å². The van der Waals surface area contributed by atoms with Crippen LogP contribution in [0.2, 0.25) is 0 Å². The molecule has 1 N–H and O–H groups in total. The summed E-state index contributed by atoms with van der Waals surface area (Å²) in [7, 11) is 0. The van der Waals surface area contributed by atoms with Crippen LogP contribution in [0.15, 0.2) is 34.7 Å². The maximum atomic E-state index is 13.0. The summed E-state index contributed by atoms with van der Waals surface area (Å²) in [5.41, 5.74) is -4.83. The highest BCUT2D eigenvalue weighted by atomic mass is 35.5. The Labute approximate surface area is 161 Å². The molecule has 1 aromatic rings. The zero-order valence-corrected chi connectivity index (χ0v) is 15.7. The van der Waals surface area contributed by atoms with Crippen LogP contribution < -0.4 is 0 Å². The van der Waals surface area contributed by atoms with Crippen molar-refractivity contribution in [2.45, 2.75) is 43.4 Å². The molecule has 1 aliphatic carbocycles. The molecular formula is C16H17ClF6N2OS. The number of aliphatic hydroxyl groups is 1. The lowest BCUT2D eigenvalue weighted by molar-refractivity contribution is -0.351. The van der Waals surface area contributed by atoms with E-state index in [-0.39, 0.29) is 12.3 Å². The van der Waals surface area contributed by atoms with E-state index < -0.39 is 29.1 Å². The number of nitrogens with zero attached hydrogens (tertiary/aromatic N) is 2. The van der Waals surface area contributed by atoms with Crippen molar-refractivity contribution < 1.29 is 31.4 Å². The Hall–Kier alpha value is -1.10. The fourth-order valence-corrected chi connectivity index (χ4v) is 3.85. The lowest BCUT2D eigenvalue weighted by Crippen LogP contribution is -2.58. The van der Waals surface area contributed by atoms with E-state index in [4.69, 9.17) is 11.6 Å². The second-order valence-corrected chi connectivity index (χ2v) is 7.12. The van der Waals surface area contributed by atoms with E-state index in [2.05, 4.69) is 4.98 Å². The van der Waals surface area contributed by atoms with Crippen LogP contribution in [0.4, 0.5) is 26.3 Å². The van der Waals surface area contributed by atoms with Gasteiger partial charge in [0, 0.05) is 17.8 Å². The molecule has 1 heterocycles. The van der Waals surface area contributed by atoms with E-state index in [1.807, 2.05) is 4.90 Å². The van der Waals surface area contributed by atoms with Crippen LogP contribution in [0.3, 0.4) is 0 Å². The van der Waals surface area contributed by atoms with E-state index in [1.165, 1.54) is 17.4 Å². The van der Waals surface area contributed by atoms with Gasteiger partial charge in [-0.25, -0.2) is 4.98 Å². The standard InChI is InChI=1S/C16H17ClF6N2OS/c1-2-25(7-12-8-27-10-24-12)13(9-17)5-3-11(4-6-13)14(26,15(18,19)20)16(21,22)23/h3-5,8,10,26H,2,6-7,9H2,1H3. The van der Waals surface area contributed by atoms with Crippen molar-refractivity contribution in [2.24, 2.45) is 0 Å². The van der Waals surface area contributed by atoms with Crippen molar-refractivity contribution in [3.05, 3.63) is 40.4 Å². The number of hydrogen-bond donors (Lipinski definition) is 1. The predicted molar refractivity (Wildman–Crippen MR) is 90.5 cm³/mol. The molecule has 11 heteroatoms. The van der Waals surface area contributed by atoms with E-state index in [0.29, 0.717) is 19.2 Å². The number of aromatic nitrogens is 1. The minimum Gasteiger partial charge on any atom is -0.370 e. The number of hydrogen-bond acceptors (Lipinski definition) is 4. The molecule has 0 aliphatic heterocycles. The zero-order chi connectivity index (χ0) is 20.5. The molecule has 0 saturated heterocycles. The van der Waals surface area contributed by atoms with E-state index in [0.717, 1.165) is 11.8 Å². The van der Waals surface area contributed by atoms with Gasteiger partial charge in [-0.1, -0.05) is 25.2 Å². The van der Waals surface area contributed by atoms with Gasteiger partial charge < -0.3 is 5.11 Å². The number of halogens is 7. The second-order valence-electron chi connectivity index (χ2n) is 6.13. The summed E-state index contributed by atoms with van der Waals surface area (Å²) in [5, 5.41) is 11.3. The van der Waals surface area contributed by atoms with Crippen LogP contribution in [-0.2, 0) is 6.54 Å². The van der Waals surface area contributed by atoms with E-state index >= 15 is 0 Å².